The Labute approximate surface area is 202 Å². The quantitative estimate of drug-likeness (QED) is 0.489. The molecule has 35 heavy (non-hydrogen) atoms. The molecule has 5 rings (SSSR count). The summed E-state index contributed by atoms with van der Waals surface area (Å²) in [6.07, 6.45) is 5.53. The predicted octanol–water partition coefficient (Wildman–Crippen LogP) is 4.83. The van der Waals surface area contributed by atoms with E-state index in [1.54, 1.807) is 35.7 Å². The second kappa shape index (κ2) is 9.56. The van der Waals surface area contributed by atoms with Gasteiger partial charge in [0.1, 0.15) is 17.6 Å². The van der Waals surface area contributed by atoms with Gasteiger partial charge >= 0.3 is 6.16 Å². The molecule has 184 valence electrons. The Morgan fingerprint density at radius 2 is 2.00 bits per heavy atom. The first-order chi connectivity index (χ1) is 16.9. The molecule has 0 radical (unpaired) electrons. The van der Waals surface area contributed by atoms with E-state index in [-0.39, 0.29) is 17.7 Å². The van der Waals surface area contributed by atoms with Crippen molar-refractivity contribution in [2.75, 3.05) is 6.61 Å². The zero-order chi connectivity index (χ0) is 24.5. The van der Waals surface area contributed by atoms with Gasteiger partial charge in [-0.3, -0.25) is 9.20 Å². The molecule has 8 nitrogen and oxygen atoms in total. The van der Waals surface area contributed by atoms with Gasteiger partial charge in [0, 0.05) is 18.2 Å². The van der Waals surface area contributed by atoms with Gasteiger partial charge in [-0.15, -0.1) is 0 Å². The van der Waals surface area contributed by atoms with Crippen LogP contribution >= 0.6 is 0 Å². The number of amides is 1. The lowest BCUT2D eigenvalue weighted by molar-refractivity contribution is 0.0378. The van der Waals surface area contributed by atoms with Gasteiger partial charge in [0.25, 0.3) is 5.91 Å². The van der Waals surface area contributed by atoms with Gasteiger partial charge in [0.05, 0.1) is 18.3 Å². The van der Waals surface area contributed by atoms with Gasteiger partial charge in [0.15, 0.2) is 11.4 Å². The molecule has 1 fully saturated rings. The van der Waals surface area contributed by atoms with Crippen molar-refractivity contribution in [3.05, 3.63) is 64.9 Å². The number of aromatic nitrogens is 2. The highest BCUT2D eigenvalue weighted by atomic mass is 19.1. The van der Waals surface area contributed by atoms with Gasteiger partial charge in [-0.2, -0.15) is 0 Å². The van der Waals surface area contributed by atoms with Crippen LogP contribution < -0.4 is 10.1 Å². The van der Waals surface area contributed by atoms with Crippen molar-refractivity contribution in [2.24, 2.45) is 5.92 Å². The Bertz CT molecular complexity index is 1270. The number of fused-ring (bicyclic) bond motifs is 2. The van der Waals surface area contributed by atoms with Gasteiger partial charge in [0.2, 0.25) is 0 Å². The van der Waals surface area contributed by atoms with Crippen LogP contribution in [0.4, 0.5) is 9.18 Å². The molecule has 2 aliphatic rings. The minimum absolute atomic E-state index is 0.176. The van der Waals surface area contributed by atoms with Crippen molar-refractivity contribution in [2.45, 2.75) is 57.6 Å². The lowest BCUT2D eigenvalue weighted by atomic mass is 9.90. The smallest absolute Gasteiger partial charge is 0.489 e. The van der Waals surface area contributed by atoms with E-state index in [0.717, 1.165) is 12.8 Å². The van der Waals surface area contributed by atoms with Crippen LogP contribution in [0.15, 0.2) is 36.5 Å². The van der Waals surface area contributed by atoms with Crippen molar-refractivity contribution in [1.29, 1.82) is 0 Å². The van der Waals surface area contributed by atoms with Crippen LogP contribution in [0.1, 0.15) is 65.5 Å². The Hall–Kier alpha value is -3.62. The van der Waals surface area contributed by atoms with Crippen molar-refractivity contribution >= 4 is 17.7 Å². The van der Waals surface area contributed by atoms with Crippen molar-refractivity contribution in [3.63, 3.8) is 0 Å². The number of benzene rings is 1. The summed E-state index contributed by atoms with van der Waals surface area (Å²) in [5.41, 5.74) is 2.15. The number of carboxylic acid groups (broad SMARTS) is 1. The Balaban J connectivity index is 1.41. The highest BCUT2D eigenvalue weighted by Gasteiger charge is 2.39. The molecule has 1 amide bonds. The highest BCUT2D eigenvalue weighted by molar-refractivity contribution is 5.95. The van der Waals surface area contributed by atoms with E-state index >= 15 is 0 Å². The summed E-state index contributed by atoms with van der Waals surface area (Å²) in [7, 11) is 0. The number of carbonyl (C=O) groups is 2. The molecule has 2 heterocycles. The van der Waals surface area contributed by atoms with E-state index in [1.807, 2.05) is 6.07 Å². The number of imidazole rings is 1. The second-order valence-corrected chi connectivity index (χ2v) is 9.32. The fourth-order valence-electron chi connectivity index (χ4n) is 5.35. The minimum atomic E-state index is -1.48. The number of hydrogen-bond donors (Lipinski definition) is 2. The summed E-state index contributed by atoms with van der Waals surface area (Å²) in [5, 5.41) is 12.0. The fraction of sp³-hybridized carbons (Fsp3) is 0.423. The van der Waals surface area contributed by atoms with Gasteiger partial charge < -0.3 is 19.9 Å². The van der Waals surface area contributed by atoms with Gasteiger partial charge in [-0.1, -0.05) is 31.4 Å². The summed E-state index contributed by atoms with van der Waals surface area (Å²) in [6.45, 7) is 2.33. The van der Waals surface area contributed by atoms with Crippen LogP contribution in [0.2, 0.25) is 0 Å². The van der Waals surface area contributed by atoms with E-state index in [1.165, 1.54) is 25.3 Å². The average Bonchev–Trinajstić information content (AvgIpc) is 3.35. The van der Waals surface area contributed by atoms with Crippen LogP contribution in [-0.2, 0) is 11.2 Å². The molecule has 3 aromatic rings. The zero-order valence-corrected chi connectivity index (χ0v) is 19.5. The number of ether oxygens (including phenoxy) is 2. The minimum Gasteiger partial charge on any atom is -0.489 e. The monoisotopic (exact) mass is 481 g/mol. The molecule has 0 aliphatic heterocycles. The van der Waals surface area contributed by atoms with E-state index in [0.29, 0.717) is 35.2 Å². The Morgan fingerprint density at radius 1 is 1.20 bits per heavy atom. The summed E-state index contributed by atoms with van der Waals surface area (Å²) in [5.74, 6) is 0.105. The van der Waals surface area contributed by atoms with Crippen LogP contribution in [0.5, 0.6) is 5.75 Å². The summed E-state index contributed by atoms with van der Waals surface area (Å²) < 4.78 is 27.4. The number of rotatable bonds is 6. The lowest BCUT2D eigenvalue weighted by Gasteiger charge is -2.22. The standard InChI is InChI=1S/C26H28FN3O5/c1-15-23(30-12-6-11-19(24(30)28-15)34-14-16-7-3-2-4-8-16)25(31)29-22-20(35-26(32)33)13-17-9-5-10-18(27)21(17)22/h5-6,9-12,16,20,22H,2-4,7-8,13-14H2,1H3,(H,29,31)(H,32,33)/t20-,22-/m1/s1. The topological polar surface area (TPSA) is 102 Å². The Morgan fingerprint density at radius 3 is 2.77 bits per heavy atom. The molecular formula is C26H28FN3O5. The molecular weight excluding hydrogens is 453 g/mol. The number of pyridine rings is 1. The highest BCUT2D eigenvalue weighted by Crippen LogP contribution is 2.36. The molecule has 0 spiro atoms. The molecule has 0 unspecified atom stereocenters. The molecule has 2 atom stereocenters. The maximum atomic E-state index is 14.7. The van der Waals surface area contributed by atoms with Crippen LogP contribution in [-0.4, -0.2) is 39.3 Å². The molecule has 1 aromatic carbocycles. The maximum Gasteiger partial charge on any atom is 0.506 e. The second-order valence-electron chi connectivity index (χ2n) is 9.32. The maximum absolute atomic E-state index is 14.7. The molecule has 2 aromatic heterocycles. The molecule has 0 bridgehead atoms. The number of carbonyl (C=O) groups excluding carboxylic acids is 1. The third-order valence-corrected chi connectivity index (χ3v) is 6.99. The van der Waals surface area contributed by atoms with Crippen LogP contribution in [0.25, 0.3) is 5.65 Å². The van der Waals surface area contributed by atoms with Crippen molar-refractivity contribution in [1.82, 2.24) is 14.7 Å². The lowest BCUT2D eigenvalue weighted by Crippen LogP contribution is -2.37. The third-order valence-electron chi connectivity index (χ3n) is 6.99. The zero-order valence-electron chi connectivity index (χ0n) is 19.5. The van der Waals surface area contributed by atoms with E-state index in [2.05, 4.69) is 10.3 Å². The van der Waals surface area contributed by atoms with Crippen LogP contribution in [0.3, 0.4) is 0 Å². The summed E-state index contributed by atoms with van der Waals surface area (Å²) >= 11 is 0. The number of hydrogen-bond acceptors (Lipinski definition) is 5. The molecule has 0 saturated heterocycles. The van der Waals surface area contributed by atoms with E-state index in [9.17, 15) is 14.0 Å². The SMILES string of the molecule is Cc1nc2c(OCC3CCCCC3)cccn2c1C(=O)N[C@H]1c2c(F)cccc2C[C@H]1OC(=O)O. The molecule has 2 aliphatic carbocycles. The largest absolute Gasteiger partial charge is 0.506 e. The third kappa shape index (κ3) is 4.54. The Kier molecular flexibility index (Phi) is 6.32. The predicted molar refractivity (Wildman–Crippen MR) is 125 cm³/mol. The number of nitrogens with one attached hydrogen (secondary N) is 1. The summed E-state index contributed by atoms with van der Waals surface area (Å²) in [6, 6.07) is 7.23. The number of halogens is 1. The molecule has 9 heteroatoms. The first-order valence-corrected chi connectivity index (χ1v) is 12.0. The molecule has 2 N–H and O–H groups in total. The van der Waals surface area contributed by atoms with Gasteiger partial charge in [-0.25, -0.2) is 14.2 Å². The number of aryl methyl sites for hydroxylation is 1. The normalized spacial score (nSPS) is 19.9. The first-order valence-electron chi connectivity index (χ1n) is 12.0. The first kappa shape index (κ1) is 23.1. The van der Waals surface area contributed by atoms with Gasteiger partial charge in [-0.05, 0) is 49.4 Å². The summed E-state index contributed by atoms with van der Waals surface area (Å²) in [4.78, 5) is 29.2. The average molecular weight is 482 g/mol. The number of nitrogens with zero attached hydrogens (tertiary/aromatic N) is 2. The fourth-order valence-corrected chi connectivity index (χ4v) is 5.35. The van der Waals surface area contributed by atoms with Crippen LogP contribution in [0, 0.1) is 18.7 Å². The van der Waals surface area contributed by atoms with E-state index in [4.69, 9.17) is 14.6 Å². The molecule has 1 saturated carbocycles. The van der Waals surface area contributed by atoms with E-state index < -0.39 is 30.0 Å². The van der Waals surface area contributed by atoms with Crippen molar-refractivity contribution < 1.29 is 28.6 Å². The van der Waals surface area contributed by atoms with Crippen molar-refractivity contribution in [3.8, 4) is 5.75 Å².